The molecule has 9 nitrogen and oxygen atoms in total. The molecule has 4 rings (SSSR count). The summed E-state index contributed by atoms with van der Waals surface area (Å²) in [5.74, 6) is 0.00174. The number of nitrogens with zero attached hydrogens (tertiary/aromatic N) is 3. The predicted octanol–water partition coefficient (Wildman–Crippen LogP) is 4.77. The molecule has 0 aliphatic carbocycles. The van der Waals surface area contributed by atoms with Crippen LogP contribution in [0, 0.1) is 4.91 Å². The summed E-state index contributed by atoms with van der Waals surface area (Å²) < 4.78 is 28.3. The monoisotopic (exact) mass is 447 g/mol. The number of benzene rings is 3. The van der Waals surface area contributed by atoms with E-state index >= 15 is 0 Å². The molecule has 0 aliphatic rings. The van der Waals surface area contributed by atoms with E-state index in [4.69, 9.17) is 0 Å². The first-order valence-electron chi connectivity index (χ1n) is 9.47. The van der Waals surface area contributed by atoms with Crippen LogP contribution in [0.4, 0.5) is 23.0 Å². The number of para-hydroxylation sites is 2. The smallest absolute Gasteiger partial charge is 0.263 e. The topological polar surface area (TPSA) is 130 Å². The van der Waals surface area contributed by atoms with Crippen molar-refractivity contribution in [2.75, 3.05) is 10.0 Å². The molecule has 0 bridgehead atoms. The molecule has 0 aliphatic heterocycles. The van der Waals surface area contributed by atoms with E-state index in [0.717, 1.165) is 6.07 Å². The fourth-order valence-corrected chi connectivity index (χ4v) is 4.05. The molecule has 160 valence electrons. The number of anilines is 3. The van der Waals surface area contributed by atoms with Crippen molar-refractivity contribution in [3.63, 3.8) is 0 Å². The number of carbonyl (C=O) groups excluding carboxylic acids is 1. The number of rotatable bonds is 7. The number of aromatic nitrogens is 2. The molecule has 10 heteroatoms. The fourth-order valence-electron chi connectivity index (χ4n) is 3.00. The van der Waals surface area contributed by atoms with Crippen LogP contribution >= 0.6 is 0 Å². The van der Waals surface area contributed by atoms with Crippen molar-refractivity contribution in [3.05, 3.63) is 83.3 Å². The summed E-state index contributed by atoms with van der Waals surface area (Å²) in [6.45, 7) is 1.46. The maximum Gasteiger partial charge on any atom is 0.263 e. The summed E-state index contributed by atoms with van der Waals surface area (Å²) >= 11 is 0. The highest BCUT2D eigenvalue weighted by molar-refractivity contribution is 7.92. The minimum absolute atomic E-state index is 0.0168. The molecule has 1 heterocycles. The second-order valence-electron chi connectivity index (χ2n) is 6.87. The average Bonchev–Trinajstić information content (AvgIpc) is 2.79. The molecule has 0 saturated heterocycles. The van der Waals surface area contributed by atoms with Gasteiger partial charge in [0.2, 0.25) is 0 Å². The van der Waals surface area contributed by atoms with E-state index in [0.29, 0.717) is 22.3 Å². The Labute approximate surface area is 183 Å². The van der Waals surface area contributed by atoms with Gasteiger partial charge in [0.25, 0.3) is 10.0 Å². The zero-order chi connectivity index (χ0) is 22.7. The first-order valence-corrected chi connectivity index (χ1v) is 10.9. The number of ketones is 1. The van der Waals surface area contributed by atoms with Crippen LogP contribution in [0.1, 0.15) is 17.3 Å². The molecular formula is C22H17N5O4S. The minimum atomic E-state index is -4.10. The molecule has 3 aromatic carbocycles. The Morgan fingerprint density at radius 2 is 1.56 bits per heavy atom. The molecule has 0 radical (unpaired) electrons. The number of hydrogen-bond donors (Lipinski definition) is 2. The van der Waals surface area contributed by atoms with Gasteiger partial charge in [-0.15, -0.1) is 4.91 Å². The minimum Gasteiger partial charge on any atom is -0.337 e. The maximum atomic E-state index is 13.0. The van der Waals surface area contributed by atoms with E-state index in [2.05, 4.69) is 25.2 Å². The standard InChI is InChI=1S/C22H17N5O4S/c1-14(28)15-6-4-7-16(12-15)23-21-22(25-20-11-3-2-10-19(20)24-21)27-32(30,31)18-9-5-8-17(13-18)26-29/h2-13H,1H3,(H,23,24)(H,25,27). The van der Waals surface area contributed by atoms with Crippen molar-refractivity contribution >= 4 is 49.9 Å². The Hall–Kier alpha value is -4.18. The van der Waals surface area contributed by atoms with Gasteiger partial charge in [0.1, 0.15) is 5.69 Å². The van der Waals surface area contributed by atoms with E-state index < -0.39 is 10.0 Å². The SMILES string of the molecule is CC(=O)c1cccc(Nc2nc3ccccc3nc2NS(=O)(=O)c2cccc(N=O)c2)c1. The van der Waals surface area contributed by atoms with Crippen molar-refractivity contribution in [3.8, 4) is 0 Å². The summed E-state index contributed by atoms with van der Waals surface area (Å²) in [6.07, 6.45) is 0. The van der Waals surface area contributed by atoms with E-state index in [1.807, 2.05) is 0 Å². The fraction of sp³-hybridized carbons (Fsp3) is 0.0455. The second-order valence-corrected chi connectivity index (χ2v) is 8.55. The Morgan fingerprint density at radius 1 is 0.875 bits per heavy atom. The number of carbonyl (C=O) groups is 1. The molecule has 0 atom stereocenters. The lowest BCUT2D eigenvalue weighted by molar-refractivity contribution is 0.101. The zero-order valence-corrected chi connectivity index (χ0v) is 17.6. The molecular weight excluding hydrogens is 430 g/mol. The number of fused-ring (bicyclic) bond motifs is 1. The van der Waals surface area contributed by atoms with Crippen LogP contribution in [0.15, 0.2) is 82.9 Å². The average molecular weight is 447 g/mol. The van der Waals surface area contributed by atoms with Gasteiger partial charge < -0.3 is 5.32 Å². The molecule has 4 aromatic rings. The van der Waals surface area contributed by atoms with Crippen molar-refractivity contribution in [1.82, 2.24) is 9.97 Å². The van der Waals surface area contributed by atoms with Crippen LogP contribution in [0.5, 0.6) is 0 Å². The van der Waals surface area contributed by atoms with Crippen LogP contribution in [-0.2, 0) is 10.0 Å². The van der Waals surface area contributed by atoms with Gasteiger partial charge in [0.05, 0.1) is 15.9 Å². The lowest BCUT2D eigenvalue weighted by atomic mass is 10.1. The molecule has 0 unspecified atom stereocenters. The van der Waals surface area contributed by atoms with Crippen LogP contribution in [-0.4, -0.2) is 24.2 Å². The summed E-state index contributed by atoms with van der Waals surface area (Å²) in [6, 6.07) is 19.1. The molecule has 1 aromatic heterocycles. The predicted molar refractivity (Wildman–Crippen MR) is 122 cm³/mol. The van der Waals surface area contributed by atoms with Gasteiger partial charge in [-0.3, -0.25) is 9.52 Å². The number of nitroso groups, excluding NO2 is 1. The van der Waals surface area contributed by atoms with Crippen LogP contribution in [0.2, 0.25) is 0 Å². The van der Waals surface area contributed by atoms with Crippen molar-refractivity contribution in [2.24, 2.45) is 5.18 Å². The highest BCUT2D eigenvalue weighted by Crippen LogP contribution is 2.28. The molecule has 32 heavy (non-hydrogen) atoms. The van der Waals surface area contributed by atoms with Crippen LogP contribution < -0.4 is 10.0 Å². The Kier molecular flexibility index (Phi) is 5.61. The van der Waals surface area contributed by atoms with E-state index in [-0.39, 0.29) is 28.0 Å². The van der Waals surface area contributed by atoms with Crippen LogP contribution in [0.3, 0.4) is 0 Å². The van der Waals surface area contributed by atoms with Gasteiger partial charge >= 0.3 is 0 Å². The van der Waals surface area contributed by atoms with E-state index in [9.17, 15) is 18.1 Å². The molecule has 0 fully saturated rings. The number of nitrogens with one attached hydrogen (secondary N) is 2. The lowest BCUT2D eigenvalue weighted by Crippen LogP contribution is -2.16. The third kappa shape index (κ3) is 4.44. The van der Waals surface area contributed by atoms with E-state index in [1.54, 1.807) is 48.5 Å². The molecule has 0 spiro atoms. The summed E-state index contributed by atoms with van der Waals surface area (Å²) in [7, 11) is -4.10. The summed E-state index contributed by atoms with van der Waals surface area (Å²) in [4.78, 5) is 31.3. The van der Waals surface area contributed by atoms with Gasteiger partial charge in [0, 0.05) is 11.3 Å². The second kappa shape index (κ2) is 8.52. The van der Waals surface area contributed by atoms with Gasteiger partial charge in [-0.25, -0.2) is 18.4 Å². The largest absolute Gasteiger partial charge is 0.337 e. The van der Waals surface area contributed by atoms with Gasteiger partial charge in [-0.1, -0.05) is 30.3 Å². The number of hydrogen-bond acceptors (Lipinski definition) is 8. The van der Waals surface area contributed by atoms with Crippen molar-refractivity contribution in [1.29, 1.82) is 0 Å². The molecule has 0 saturated carbocycles. The normalized spacial score (nSPS) is 11.2. The van der Waals surface area contributed by atoms with Crippen LogP contribution in [0.25, 0.3) is 11.0 Å². The Morgan fingerprint density at radius 3 is 2.25 bits per heavy atom. The van der Waals surface area contributed by atoms with Gasteiger partial charge in [-0.2, -0.15) is 0 Å². The Bertz CT molecular complexity index is 1450. The van der Waals surface area contributed by atoms with Gasteiger partial charge in [-0.05, 0) is 54.6 Å². The van der Waals surface area contributed by atoms with Crippen molar-refractivity contribution < 1.29 is 13.2 Å². The summed E-state index contributed by atoms with van der Waals surface area (Å²) in [5.41, 5.74) is 2.04. The number of sulfonamides is 1. The van der Waals surface area contributed by atoms with Crippen molar-refractivity contribution in [2.45, 2.75) is 11.8 Å². The summed E-state index contributed by atoms with van der Waals surface area (Å²) in [5, 5.41) is 5.81. The Balaban J connectivity index is 1.78. The first-order chi connectivity index (χ1) is 15.4. The third-order valence-electron chi connectivity index (χ3n) is 4.57. The first kappa shape index (κ1) is 21.1. The van der Waals surface area contributed by atoms with Gasteiger partial charge in [0.15, 0.2) is 17.4 Å². The van der Waals surface area contributed by atoms with E-state index in [1.165, 1.54) is 25.1 Å². The zero-order valence-electron chi connectivity index (χ0n) is 16.8. The number of Topliss-reactive ketones (excluding diaryl/α,β-unsaturated/α-hetero) is 1. The quantitative estimate of drug-likeness (QED) is 0.308. The highest BCUT2D eigenvalue weighted by Gasteiger charge is 2.20. The lowest BCUT2D eigenvalue weighted by Gasteiger charge is -2.14. The highest BCUT2D eigenvalue weighted by atomic mass is 32.2. The molecule has 0 amide bonds. The third-order valence-corrected chi connectivity index (χ3v) is 5.90. The maximum absolute atomic E-state index is 13.0. The molecule has 2 N–H and O–H groups in total.